The lowest BCUT2D eigenvalue weighted by Crippen LogP contribution is -2.36. The number of nitrogens with one attached hydrogen (secondary N) is 1. The molecule has 0 fully saturated rings. The molecule has 0 saturated heterocycles. The SMILES string of the molecule is CS(=O)(=O)N(CC(=O)Nc1cccnc1)Cc1ccccc1. The standard InChI is InChI=1S/C15H17N3O3S/c1-22(20,21)18(11-13-6-3-2-4-7-13)12-15(19)17-14-8-5-9-16-10-14/h2-10H,11-12H2,1H3,(H,17,19). The van der Waals surface area contributed by atoms with Gasteiger partial charge in [-0.3, -0.25) is 9.78 Å². The van der Waals surface area contributed by atoms with E-state index in [1.54, 1.807) is 18.3 Å². The summed E-state index contributed by atoms with van der Waals surface area (Å²) >= 11 is 0. The van der Waals surface area contributed by atoms with Crippen molar-refractivity contribution >= 4 is 21.6 Å². The van der Waals surface area contributed by atoms with E-state index in [9.17, 15) is 13.2 Å². The molecule has 0 atom stereocenters. The number of anilines is 1. The van der Waals surface area contributed by atoms with Crippen LogP contribution in [0.4, 0.5) is 5.69 Å². The molecule has 22 heavy (non-hydrogen) atoms. The number of carbonyl (C=O) groups excluding carboxylic acids is 1. The molecule has 1 heterocycles. The third kappa shape index (κ3) is 4.94. The maximum Gasteiger partial charge on any atom is 0.239 e. The van der Waals surface area contributed by atoms with E-state index in [-0.39, 0.29) is 13.1 Å². The molecule has 0 bridgehead atoms. The Labute approximate surface area is 129 Å². The summed E-state index contributed by atoms with van der Waals surface area (Å²) in [4.78, 5) is 15.9. The number of rotatable bonds is 6. The van der Waals surface area contributed by atoms with E-state index >= 15 is 0 Å². The molecule has 0 aliphatic rings. The smallest absolute Gasteiger partial charge is 0.239 e. The van der Waals surface area contributed by atoms with Crippen molar-refractivity contribution in [2.24, 2.45) is 0 Å². The molecule has 1 amide bonds. The zero-order chi connectivity index (χ0) is 16.0. The van der Waals surface area contributed by atoms with Gasteiger partial charge in [-0.15, -0.1) is 0 Å². The number of sulfonamides is 1. The second-order valence-corrected chi connectivity index (χ2v) is 6.79. The van der Waals surface area contributed by atoms with Gasteiger partial charge in [-0.1, -0.05) is 30.3 Å². The average molecular weight is 319 g/mol. The summed E-state index contributed by atoms with van der Waals surface area (Å²) in [7, 11) is -3.49. The van der Waals surface area contributed by atoms with Crippen LogP contribution < -0.4 is 5.32 Å². The number of nitrogens with zero attached hydrogens (tertiary/aromatic N) is 2. The van der Waals surface area contributed by atoms with Crippen LogP contribution in [0.25, 0.3) is 0 Å². The molecule has 2 rings (SSSR count). The second-order valence-electron chi connectivity index (χ2n) is 4.81. The molecule has 116 valence electrons. The molecule has 0 aliphatic heterocycles. The van der Waals surface area contributed by atoms with Crippen LogP contribution in [-0.4, -0.2) is 36.4 Å². The summed E-state index contributed by atoms with van der Waals surface area (Å²) in [5, 5.41) is 2.62. The van der Waals surface area contributed by atoms with Gasteiger partial charge in [0, 0.05) is 12.7 Å². The largest absolute Gasteiger partial charge is 0.324 e. The van der Waals surface area contributed by atoms with Gasteiger partial charge in [-0.25, -0.2) is 8.42 Å². The Morgan fingerprint density at radius 3 is 2.50 bits per heavy atom. The Bertz CT molecular complexity index is 718. The number of aromatic nitrogens is 1. The fourth-order valence-corrected chi connectivity index (χ4v) is 2.61. The van der Waals surface area contributed by atoms with E-state index in [1.807, 2.05) is 30.3 Å². The van der Waals surface area contributed by atoms with Crippen molar-refractivity contribution in [2.75, 3.05) is 18.1 Å². The first-order valence-corrected chi connectivity index (χ1v) is 8.49. The van der Waals surface area contributed by atoms with Crippen LogP contribution in [-0.2, 0) is 21.4 Å². The predicted octanol–water partition coefficient (Wildman–Crippen LogP) is 1.48. The fourth-order valence-electron chi connectivity index (χ4n) is 1.87. The molecule has 2 aromatic rings. The summed E-state index contributed by atoms with van der Waals surface area (Å²) in [5.41, 5.74) is 1.35. The van der Waals surface area contributed by atoms with Crippen LogP contribution in [0.2, 0.25) is 0 Å². The molecule has 7 heteroatoms. The number of benzene rings is 1. The van der Waals surface area contributed by atoms with E-state index in [1.165, 1.54) is 6.20 Å². The maximum absolute atomic E-state index is 12.0. The molecule has 0 spiro atoms. The van der Waals surface area contributed by atoms with Gasteiger partial charge < -0.3 is 5.32 Å². The summed E-state index contributed by atoms with van der Waals surface area (Å²) in [5.74, 6) is -0.408. The van der Waals surface area contributed by atoms with Crippen molar-refractivity contribution in [2.45, 2.75) is 6.54 Å². The Hall–Kier alpha value is -2.25. The number of hydrogen-bond acceptors (Lipinski definition) is 4. The van der Waals surface area contributed by atoms with Gasteiger partial charge in [0.1, 0.15) is 0 Å². The third-order valence-electron chi connectivity index (χ3n) is 2.94. The molecular weight excluding hydrogens is 302 g/mol. The number of pyridine rings is 1. The van der Waals surface area contributed by atoms with Gasteiger partial charge in [0.15, 0.2) is 0 Å². The number of hydrogen-bond donors (Lipinski definition) is 1. The molecule has 1 aromatic heterocycles. The van der Waals surface area contributed by atoms with E-state index in [2.05, 4.69) is 10.3 Å². The Morgan fingerprint density at radius 2 is 1.91 bits per heavy atom. The highest BCUT2D eigenvalue weighted by atomic mass is 32.2. The first kappa shape index (κ1) is 16.1. The highest BCUT2D eigenvalue weighted by Crippen LogP contribution is 2.09. The molecular formula is C15H17N3O3S. The van der Waals surface area contributed by atoms with Crippen LogP contribution in [0, 0.1) is 0 Å². The topological polar surface area (TPSA) is 79.4 Å². The highest BCUT2D eigenvalue weighted by molar-refractivity contribution is 7.88. The minimum Gasteiger partial charge on any atom is -0.324 e. The van der Waals surface area contributed by atoms with Crippen molar-refractivity contribution in [3.8, 4) is 0 Å². The first-order chi connectivity index (χ1) is 10.4. The lowest BCUT2D eigenvalue weighted by molar-refractivity contribution is -0.116. The van der Waals surface area contributed by atoms with Crippen molar-refractivity contribution in [1.82, 2.24) is 9.29 Å². The Morgan fingerprint density at radius 1 is 1.18 bits per heavy atom. The van der Waals surface area contributed by atoms with Gasteiger partial charge in [0.05, 0.1) is 24.7 Å². The Balaban J connectivity index is 2.06. The zero-order valence-corrected chi connectivity index (χ0v) is 13.0. The molecule has 6 nitrogen and oxygen atoms in total. The van der Waals surface area contributed by atoms with Gasteiger partial charge in [-0.05, 0) is 17.7 Å². The summed E-state index contributed by atoms with van der Waals surface area (Å²) in [6, 6.07) is 12.5. The minimum atomic E-state index is -3.49. The van der Waals surface area contributed by atoms with E-state index in [4.69, 9.17) is 0 Å². The molecule has 1 aromatic carbocycles. The lowest BCUT2D eigenvalue weighted by Gasteiger charge is -2.19. The molecule has 0 radical (unpaired) electrons. The van der Waals surface area contributed by atoms with E-state index in [0.717, 1.165) is 16.1 Å². The third-order valence-corrected chi connectivity index (χ3v) is 4.13. The minimum absolute atomic E-state index is 0.153. The highest BCUT2D eigenvalue weighted by Gasteiger charge is 2.20. The van der Waals surface area contributed by atoms with Gasteiger partial charge in [-0.2, -0.15) is 4.31 Å². The van der Waals surface area contributed by atoms with Crippen molar-refractivity contribution in [3.63, 3.8) is 0 Å². The second kappa shape index (κ2) is 7.15. The lowest BCUT2D eigenvalue weighted by atomic mass is 10.2. The van der Waals surface area contributed by atoms with Crippen LogP contribution in [0.1, 0.15) is 5.56 Å². The van der Waals surface area contributed by atoms with Gasteiger partial charge in [0.2, 0.25) is 15.9 Å². The molecule has 0 saturated carbocycles. The first-order valence-electron chi connectivity index (χ1n) is 6.64. The Kier molecular flexibility index (Phi) is 5.24. The van der Waals surface area contributed by atoms with Crippen molar-refractivity contribution < 1.29 is 13.2 Å². The quantitative estimate of drug-likeness (QED) is 0.874. The van der Waals surface area contributed by atoms with Crippen LogP contribution in [0.15, 0.2) is 54.9 Å². The maximum atomic E-state index is 12.0. The molecule has 1 N–H and O–H groups in total. The van der Waals surface area contributed by atoms with Gasteiger partial charge in [0.25, 0.3) is 0 Å². The van der Waals surface area contributed by atoms with E-state index in [0.29, 0.717) is 5.69 Å². The normalized spacial score (nSPS) is 11.4. The monoisotopic (exact) mass is 319 g/mol. The van der Waals surface area contributed by atoms with Crippen LogP contribution >= 0.6 is 0 Å². The van der Waals surface area contributed by atoms with Gasteiger partial charge >= 0.3 is 0 Å². The fraction of sp³-hybridized carbons (Fsp3) is 0.200. The van der Waals surface area contributed by atoms with Crippen molar-refractivity contribution in [1.29, 1.82) is 0 Å². The summed E-state index contributed by atoms with van der Waals surface area (Å²) in [6.45, 7) is -0.0945. The summed E-state index contributed by atoms with van der Waals surface area (Å²) < 4.78 is 24.8. The zero-order valence-electron chi connectivity index (χ0n) is 12.1. The summed E-state index contributed by atoms with van der Waals surface area (Å²) in [6.07, 6.45) is 4.18. The van der Waals surface area contributed by atoms with Crippen molar-refractivity contribution in [3.05, 3.63) is 60.4 Å². The van der Waals surface area contributed by atoms with Crippen LogP contribution in [0.5, 0.6) is 0 Å². The molecule has 0 aliphatic carbocycles. The molecule has 0 unspecified atom stereocenters. The average Bonchev–Trinajstić information content (AvgIpc) is 2.48. The number of carbonyl (C=O) groups is 1. The predicted molar refractivity (Wildman–Crippen MR) is 84.6 cm³/mol. The van der Waals surface area contributed by atoms with Crippen LogP contribution in [0.3, 0.4) is 0 Å². The van der Waals surface area contributed by atoms with E-state index < -0.39 is 15.9 Å². The number of amides is 1.